The number of para-hydroxylation sites is 3. The van der Waals surface area contributed by atoms with Gasteiger partial charge in [0.15, 0.2) is 17.2 Å². The first-order valence-electron chi connectivity index (χ1n) is 12.0. The molecule has 0 radical (unpaired) electrons. The average molecular weight is 493 g/mol. The second-order valence-corrected chi connectivity index (χ2v) is 9.02. The van der Waals surface area contributed by atoms with E-state index in [-0.39, 0.29) is 11.4 Å². The van der Waals surface area contributed by atoms with Crippen LogP contribution < -0.4 is 10.4 Å². The molecule has 0 N–H and O–H groups in total. The number of rotatable bonds is 4. The van der Waals surface area contributed by atoms with Crippen molar-refractivity contribution < 1.29 is 9.13 Å². The van der Waals surface area contributed by atoms with Gasteiger partial charge < -0.3 is 4.74 Å². The van der Waals surface area contributed by atoms with Crippen LogP contribution in [0.25, 0.3) is 28.1 Å². The van der Waals surface area contributed by atoms with Crippen LogP contribution in [0.5, 0.6) is 5.75 Å². The molecule has 1 aliphatic heterocycles. The standard InChI is InChI=1S/C28H21FN6O2/c29-20-10-6-9-19-22(13-14-37-25(19)20)35-26-24(33(28(35)36)16-18-7-2-1-3-8-18)15-30-27(32-26)34-17-31-21-11-4-5-12-23(21)34/h1-12,15,17,22H,13-14,16H2. The van der Waals surface area contributed by atoms with Crippen molar-refractivity contribution in [1.82, 2.24) is 28.7 Å². The molecular weight excluding hydrogens is 471 g/mol. The lowest BCUT2D eigenvalue weighted by atomic mass is 10.00. The Morgan fingerprint density at radius 1 is 0.946 bits per heavy atom. The van der Waals surface area contributed by atoms with E-state index in [0.717, 1.165) is 16.6 Å². The zero-order valence-electron chi connectivity index (χ0n) is 19.7. The highest BCUT2D eigenvalue weighted by atomic mass is 19.1. The third kappa shape index (κ3) is 3.42. The molecule has 1 unspecified atom stereocenters. The summed E-state index contributed by atoms with van der Waals surface area (Å²) in [5.74, 6) is 0.145. The molecule has 0 aliphatic carbocycles. The fourth-order valence-electron chi connectivity index (χ4n) is 5.12. The molecule has 37 heavy (non-hydrogen) atoms. The minimum atomic E-state index is -0.441. The van der Waals surface area contributed by atoms with Crippen molar-refractivity contribution in [1.29, 1.82) is 0 Å². The maximum absolute atomic E-state index is 14.6. The number of imidazole rings is 2. The number of hydrogen-bond donors (Lipinski definition) is 0. The summed E-state index contributed by atoms with van der Waals surface area (Å²) in [4.78, 5) is 28.0. The minimum Gasteiger partial charge on any atom is -0.490 e. The van der Waals surface area contributed by atoms with Crippen LogP contribution >= 0.6 is 0 Å². The van der Waals surface area contributed by atoms with Gasteiger partial charge in [-0.25, -0.2) is 19.2 Å². The van der Waals surface area contributed by atoms with Crippen molar-refractivity contribution >= 4 is 22.2 Å². The SMILES string of the molecule is O=c1n(Cc2ccccc2)c2cnc(-n3cnc4ccccc43)nc2n1C1CCOc2c(F)cccc21. The fraction of sp³-hybridized carbons (Fsp3) is 0.143. The van der Waals surface area contributed by atoms with Gasteiger partial charge in [0.2, 0.25) is 5.95 Å². The number of aromatic nitrogens is 6. The highest BCUT2D eigenvalue weighted by Gasteiger charge is 2.30. The van der Waals surface area contributed by atoms with E-state index in [0.29, 0.717) is 42.2 Å². The summed E-state index contributed by atoms with van der Waals surface area (Å²) in [6.07, 6.45) is 3.86. The fourth-order valence-corrected chi connectivity index (χ4v) is 5.12. The lowest BCUT2D eigenvalue weighted by Gasteiger charge is -2.26. The van der Waals surface area contributed by atoms with Crippen LogP contribution in [-0.2, 0) is 6.54 Å². The minimum absolute atomic E-state index is 0.185. The molecule has 0 spiro atoms. The Hall–Kier alpha value is -4.79. The number of nitrogens with zero attached hydrogens (tertiary/aromatic N) is 6. The topological polar surface area (TPSA) is 79.8 Å². The Kier molecular flexibility index (Phi) is 4.88. The first-order chi connectivity index (χ1) is 18.2. The third-order valence-corrected chi connectivity index (χ3v) is 6.85. The average Bonchev–Trinajstić information content (AvgIpc) is 3.48. The van der Waals surface area contributed by atoms with Gasteiger partial charge in [0.05, 0.1) is 36.4 Å². The lowest BCUT2D eigenvalue weighted by Crippen LogP contribution is -2.31. The first-order valence-corrected chi connectivity index (χ1v) is 12.0. The predicted octanol–water partition coefficient (Wildman–Crippen LogP) is 4.49. The maximum Gasteiger partial charge on any atom is 0.331 e. The van der Waals surface area contributed by atoms with Crippen LogP contribution in [0.3, 0.4) is 0 Å². The van der Waals surface area contributed by atoms with Crippen LogP contribution in [0.15, 0.2) is 90.1 Å². The number of hydrogen-bond acceptors (Lipinski definition) is 5. The van der Waals surface area contributed by atoms with E-state index in [1.807, 2.05) is 54.6 Å². The molecule has 0 saturated carbocycles. The second-order valence-electron chi connectivity index (χ2n) is 9.02. The molecule has 9 heteroatoms. The van der Waals surface area contributed by atoms with Crippen molar-refractivity contribution in [2.45, 2.75) is 19.0 Å². The smallest absolute Gasteiger partial charge is 0.331 e. The van der Waals surface area contributed by atoms with Crippen molar-refractivity contribution in [3.8, 4) is 11.7 Å². The van der Waals surface area contributed by atoms with Crippen LogP contribution in [0.4, 0.5) is 4.39 Å². The van der Waals surface area contributed by atoms with Crippen molar-refractivity contribution in [2.24, 2.45) is 0 Å². The molecule has 1 aliphatic rings. The lowest BCUT2D eigenvalue weighted by molar-refractivity contribution is 0.243. The monoisotopic (exact) mass is 492 g/mol. The number of ether oxygens (including phenoxy) is 1. The van der Waals surface area contributed by atoms with E-state index in [2.05, 4.69) is 9.97 Å². The molecule has 6 aromatic rings. The third-order valence-electron chi connectivity index (χ3n) is 6.85. The van der Waals surface area contributed by atoms with E-state index in [1.165, 1.54) is 6.07 Å². The Morgan fingerprint density at radius 2 is 1.78 bits per heavy atom. The first kappa shape index (κ1) is 21.5. The van der Waals surface area contributed by atoms with Gasteiger partial charge in [0.25, 0.3) is 0 Å². The maximum atomic E-state index is 14.6. The summed E-state index contributed by atoms with van der Waals surface area (Å²) in [5.41, 5.74) is 4.13. The second kappa shape index (κ2) is 8.41. The van der Waals surface area contributed by atoms with Gasteiger partial charge in [-0.3, -0.25) is 13.7 Å². The predicted molar refractivity (Wildman–Crippen MR) is 137 cm³/mol. The Labute approximate surface area is 210 Å². The van der Waals surface area contributed by atoms with Gasteiger partial charge >= 0.3 is 5.69 Å². The molecule has 0 saturated heterocycles. The van der Waals surface area contributed by atoms with Gasteiger partial charge in [0.1, 0.15) is 11.8 Å². The molecule has 1 atom stereocenters. The van der Waals surface area contributed by atoms with Gasteiger partial charge in [-0.2, -0.15) is 4.98 Å². The van der Waals surface area contributed by atoms with E-state index < -0.39 is 11.9 Å². The largest absolute Gasteiger partial charge is 0.490 e. The highest BCUT2D eigenvalue weighted by Crippen LogP contribution is 2.37. The Morgan fingerprint density at radius 3 is 2.68 bits per heavy atom. The molecule has 3 aromatic heterocycles. The Balaban J connectivity index is 1.47. The van der Waals surface area contributed by atoms with E-state index in [4.69, 9.17) is 9.72 Å². The van der Waals surface area contributed by atoms with Gasteiger partial charge in [0, 0.05) is 12.0 Å². The van der Waals surface area contributed by atoms with Crippen molar-refractivity contribution in [2.75, 3.05) is 6.61 Å². The molecule has 0 bridgehead atoms. The zero-order chi connectivity index (χ0) is 24.9. The number of fused-ring (bicyclic) bond motifs is 3. The summed E-state index contributed by atoms with van der Waals surface area (Å²) >= 11 is 0. The summed E-state index contributed by atoms with van der Waals surface area (Å²) in [6.45, 7) is 0.652. The molecule has 8 nitrogen and oxygen atoms in total. The van der Waals surface area contributed by atoms with Gasteiger partial charge in [-0.1, -0.05) is 54.6 Å². The summed E-state index contributed by atoms with van der Waals surface area (Å²) in [6, 6.07) is 21.9. The van der Waals surface area contributed by atoms with Crippen molar-refractivity contribution in [3.63, 3.8) is 0 Å². The molecule has 0 amide bonds. The molecule has 4 heterocycles. The van der Waals surface area contributed by atoms with E-state index >= 15 is 0 Å². The van der Waals surface area contributed by atoms with Crippen molar-refractivity contribution in [3.05, 3.63) is 113 Å². The molecule has 182 valence electrons. The summed E-state index contributed by atoms with van der Waals surface area (Å²) in [7, 11) is 0. The van der Waals surface area contributed by atoms with Gasteiger partial charge in [-0.05, 0) is 23.8 Å². The van der Waals surface area contributed by atoms with Crippen LogP contribution in [-0.4, -0.2) is 35.3 Å². The quantitative estimate of drug-likeness (QED) is 0.362. The van der Waals surface area contributed by atoms with E-state index in [9.17, 15) is 9.18 Å². The zero-order valence-corrected chi connectivity index (χ0v) is 19.7. The molecule has 3 aromatic carbocycles. The number of halogens is 1. The number of benzene rings is 3. The molecular formula is C28H21FN6O2. The summed E-state index contributed by atoms with van der Waals surface area (Å²) in [5, 5.41) is 0. The van der Waals surface area contributed by atoms with Crippen LogP contribution in [0, 0.1) is 5.82 Å². The Bertz CT molecular complexity index is 1840. The van der Waals surface area contributed by atoms with Crippen LogP contribution in [0.1, 0.15) is 23.6 Å². The van der Waals surface area contributed by atoms with E-state index in [1.54, 1.807) is 38.4 Å². The molecule has 7 rings (SSSR count). The normalized spacial score (nSPS) is 15.1. The summed E-state index contributed by atoms with van der Waals surface area (Å²) < 4.78 is 25.4. The highest BCUT2D eigenvalue weighted by molar-refractivity contribution is 5.77. The van der Waals surface area contributed by atoms with Crippen LogP contribution in [0.2, 0.25) is 0 Å². The molecule has 0 fully saturated rings. The van der Waals surface area contributed by atoms with Gasteiger partial charge in [-0.15, -0.1) is 0 Å².